The van der Waals surface area contributed by atoms with Crippen molar-refractivity contribution in [1.82, 2.24) is 0 Å². The summed E-state index contributed by atoms with van der Waals surface area (Å²) in [4.78, 5) is 12.7. The van der Waals surface area contributed by atoms with Gasteiger partial charge in [-0.25, -0.2) is 4.79 Å². The number of carbonyl (C=O) groups is 1. The van der Waals surface area contributed by atoms with Gasteiger partial charge in [-0.2, -0.15) is 0 Å². The minimum atomic E-state index is -0.437. The second kappa shape index (κ2) is 10.4. The maximum atomic E-state index is 11.9. The summed E-state index contributed by atoms with van der Waals surface area (Å²) < 4.78 is 15.6. The van der Waals surface area contributed by atoms with E-state index in [-0.39, 0.29) is 6.61 Å². The van der Waals surface area contributed by atoms with Gasteiger partial charge in [-0.05, 0) is 42.5 Å². The van der Waals surface area contributed by atoms with Crippen LogP contribution < -0.4 is 9.47 Å². The number of benzene rings is 2. The van der Waals surface area contributed by atoms with Crippen molar-refractivity contribution in [1.29, 1.82) is 0 Å². The third kappa shape index (κ3) is 6.16. The number of methoxy groups -OCH3 is 2. The molecule has 2 aromatic carbocycles. The molecular formula is C19H18Cl2O4S. The SMILES string of the molecule is COc1ccc(OC)c(/C=C/C(=O)OCCSc2cc(Cl)ccc2Cl)c1. The maximum absolute atomic E-state index is 11.9. The molecule has 0 aliphatic carbocycles. The van der Waals surface area contributed by atoms with Gasteiger partial charge in [-0.1, -0.05) is 23.2 Å². The summed E-state index contributed by atoms with van der Waals surface area (Å²) in [7, 11) is 3.14. The zero-order valence-corrected chi connectivity index (χ0v) is 16.7. The average Bonchev–Trinajstić information content (AvgIpc) is 2.65. The Bertz CT molecular complexity index is 793. The number of esters is 1. The van der Waals surface area contributed by atoms with Gasteiger partial charge in [0.25, 0.3) is 0 Å². The lowest BCUT2D eigenvalue weighted by Gasteiger charge is -2.07. The van der Waals surface area contributed by atoms with Crippen LogP contribution in [-0.4, -0.2) is 32.5 Å². The van der Waals surface area contributed by atoms with Crippen LogP contribution in [0.4, 0.5) is 0 Å². The van der Waals surface area contributed by atoms with Gasteiger partial charge in [-0.15, -0.1) is 11.8 Å². The Morgan fingerprint density at radius 2 is 1.92 bits per heavy atom. The van der Waals surface area contributed by atoms with E-state index < -0.39 is 5.97 Å². The van der Waals surface area contributed by atoms with E-state index >= 15 is 0 Å². The van der Waals surface area contributed by atoms with Gasteiger partial charge in [0.1, 0.15) is 18.1 Å². The fourth-order valence-corrected chi connectivity index (χ4v) is 3.38. The van der Waals surface area contributed by atoms with Crippen LogP contribution in [0.25, 0.3) is 6.08 Å². The second-order valence-corrected chi connectivity index (χ2v) is 7.01. The Balaban J connectivity index is 1.85. The van der Waals surface area contributed by atoms with E-state index in [1.54, 1.807) is 56.7 Å². The van der Waals surface area contributed by atoms with Gasteiger partial charge < -0.3 is 14.2 Å². The van der Waals surface area contributed by atoms with Crippen LogP contribution in [0.3, 0.4) is 0 Å². The Kier molecular flexibility index (Phi) is 8.16. The molecule has 0 aliphatic rings. The van der Waals surface area contributed by atoms with Crippen LogP contribution in [-0.2, 0) is 9.53 Å². The summed E-state index contributed by atoms with van der Waals surface area (Å²) in [5, 5.41) is 1.24. The molecule has 0 bridgehead atoms. The summed E-state index contributed by atoms with van der Waals surface area (Å²) >= 11 is 13.5. The highest BCUT2D eigenvalue weighted by molar-refractivity contribution is 7.99. The molecule has 0 spiro atoms. The molecule has 0 N–H and O–H groups in total. The molecule has 0 unspecified atom stereocenters. The van der Waals surface area contributed by atoms with E-state index in [4.69, 9.17) is 37.4 Å². The van der Waals surface area contributed by atoms with Crippen LogP contribution >= 0.6 is 35.0 Å². The molecule has 0 aliphatic heterocycles. The number of halogens is 2. The molecular weight excluding hydrogens is 395 g/mol. The van der Waals surface area contributed by atoms with Crippen molar-refractivity contribution in [3.05, 3.63) is 58.1 Å². The lowest BCUT2D eigenvalue weighted by Crippen LogP contribution is -2.04. The molecule has 0 aromatic heterocycles. The Labute approximate surface area is 167 Å². The lowest BCUT2D eigenvalue weighted by molar-refractivity contribution is -0.137. The third-order valence-electron chi connectivity index (χ3n) is 3.31. The fourth-order valence-electron chi connectivity index (χ4n) is 2.06. The summed E-state index contributed by atoms with van der Waals surface area (Å²) in [5.74, 6) is 1.45. The first kappa shape index (κ1) is 20.5. The Morgan fingerprint density at radius 3 is 2.65 bits per heavy atom. The maximum Gasteiger partial charge on any atom is 0.330 e. The fraction of sp³-hybridized carbons (Fsp3) is 0.211. The van der Waals surface area contributed by atoms with E-state index in [1.807, 2.05) is 0 Å². The summed E-state index contributed by atoms with van der Waals surface area (Å²) in [6, 6.07) is 10.6. The van der Waals surface area contributed by atoms with E-state index in [1.165, 1.54) is 17.8 Å². The third-order valence-corrected chi connectivity index (χ3v) is 5.01. The van der Waals surface area contributed by atoms with Crippen molar-refractivity contribution in [2.24, 2.45) is 0 Å². The van der Waals surface area contributed by atoms with Gasteiger partial charge in [0.2, 0.25) is 0 Å². The van der Waals surface area contributed by atoms with E-state index in [9.17, 15) is 4.79 Å². The first-order valence-corrected chi connectivity index (χ1v) is 9.42. The number of carbonyl (C=O) groups excluding carboxylic acids is 1. The van der Waals surface area contributed by atoms with Gasteiger partial charge in [0.05, 0.1) is 19.2 Å². The first-order valence-electron chi connectivity index (χ1n) is 7.68. The van der Waals surface area contributed by atoms with Crippen LogP contribution in [0, 0.1) is 0 Å². The van der Waals surface area contributed by atoms with Gasteiger partial charge in [-0.3, -0.25) is 0 Å². The van der Waals surface area contributed by atoms with Gasteiger partial charge in [0.15, 0.2) is 0 Å². The van der Waals surface area contributed by atoms with Crippen molar-refractivity contribution in [3.63, 3.8) is 0 Å². The summed E-state index contributed by atoms with van der Waals surface area (Å²) in [5.41, 5.74) is 0.726. The van der Waals surface area contributed by atoms with Crippen LogP contribution in [0.15, 0.2) is 47.4 Å². The van der Waals surface area contributed by atoms with Crippen LogP contribution in [0.5, 0.6) is 11.5 Å². The first-order chi connectivity index (χ1) is 12.5. The van der Waals surface area contributed by atoms with Gasteiger partial charge in [0, 0.05) is 27.3 Å². The van der Waals surface area contributed by atoms with E-state index in [0.29, 0.717) is 27.3 Å². The Hall–Kier alpha value is -1.82. The Morgan fingerprint density at radius 1 is 1.12 bits per heavy atom. The number of rotatable bonds is 8. The van der Waals surface area contributed by atoms with Crippen molar-refractivity contribution < 1.29 is 19.0 Å². The molecule has 138 valence electrons. The quantitative estimate of drug-likeness (QED) is 0.252. The second-order valence-electron chi connectivity index (χ2n) is 5.03. The molecule has 0 saturated heterocycles. The highest BCUT2D eigenvalue weighted by atomic mass is 35.5. The number of hydrogen-bond donors (Lipinski definition) is 0. The highest BCUT2D eigenvalue weighted by Gasteiger charge is 2.05. The topological polar surface area (TPSA) is 44.8 Å². The number of thioether (sulfide) groups is 1. The zero-order chi connectivity index (χ0) is 18.9. The highest BCUT2D eigenvalue weighted by Crippen LogP contribution is 2.29. The van der Waals surface area contributed by atoms with Crippen molar-refractivity contribution in [3.8, 4) is 11.5 Å². The van der Waals surface area contributed by atoms with Crippen molar-refractivity contribution in [2.45, 2.75) is 4.90 Å². The van der Waals surface area contributed by atoms with Gasteiger partial charge >= 0.3 is 5.97 Å². The molecule has 0 saturated carbocycles. The van der Waals surface area contributed by atoms with Crippen molar-refractivity contribution >= 4 is 47.0 Å². The molecule has 0 amide bonds. The molecule has 0 heterocycles. The monoisotopic (exact) mass is 412 g/mol. The minimum absolute atomic E-state index is 0.256. The molecule has 7 heteroatoms. The number of ether oxygens (including phenoxy) is 3. The van der Waals surface area contributed by atoms with E-state index in [0.717, 1.165) is 10.5 Å². The van der Waals surface area contributed by atoms with Crippen molar-refractivity contribution in [2.75, 3.05) is 26.6 Å². The predicted molar refractivity (Wildman–Crippen MR) is 107 cm³/mol. The molecule has 0 radical (unpaired) electrons. The standard InChI is InChI=1S/C19H18Cl2O4S/c1-23-15-5-7-17(24-2)13(11-15)3-8-19(22)25-9-10-26-18-12-14(20)4-6-16(18)21/h3-8,11-12H,9-10H2,1-2H3/b8-3+. The normalized spacial score (nSPS) is 10.8. The molecule has 2 aromatic rings. The predicted octanol–water partition coefficient (Wildman–Crippen LogP) is 5.36. The molecule has 26 heavy (non-hydrogen) atoms. The molecule has 2 rings (SSSR count). The zero-order valence-electron chi connectivity index (χ0n) is 14.3. The molecule has 0 fully saturated rings. The summed E-state index contributed by atoms with van der Waals surface area (Å²) in [6.45, 7) is 0.256. The lowest BCUT2D eigenvalue weighted by atomic mass is 10.1. The largest absolute Gasteiger partial charge is 0.497 e. The smallest absolute Gasteiger partial charge is 0.330 e. The number of hydrogen-bond acceptors (Lipinski definition) is 5. The van der Waals surface area contributed by atoms with Crippen LogP contribution in [0.2, 0.25) is 10.0 Å². The van der Waals surface area contributed by atoms with Crippen LogP contribution in [0.1, 0.15) is 5.56 Å². The molecule has 4 nitrogen and oxygen atoms in total. The van der Waals surface area contributed by atoms with E-state index in [2.05, 4.69) is 0 Å². The summed E-state index contributed by atoms with van der Waals surface area (Å²) in [6.07, 6.45) is 2.99. The minimum Gasteiger partial charge on any atom is -0.497 e. The average molecular weight is 413 g/mol. The molecule has 0 atom stereocenters.